The topological polar surface area (TPSA) is 61.3 Å². The minimum atomic E-state index is -4.86. The van der Waals surface area contributed by atoms with Gasteiger partial charge in [0.15, 0.2) is 11.4 Å². The van der Waals surface area contributed by atoms with Gasteiger partial charge in [-0.15, -0.1) is 0 Å². The van der Waals surface area contributed by atoms with Crippen molar-refractivity contribution in [2.24, 2.45) is 0 Å². The summed E-state index contributed by atoms with van der Waals surface area (Å²) in [7, 11) is 1.26. The van der Waals surface area contributed by atoms with Crippen LogP contribution < -0.4 is 9.47 Å². The number of esters is 1. The number of nitrogens with zero attached hydrogens (tertiary/aromatic N) is 2. The Bertz CT molecular complexity index is 823. The molecule has 2 aromatic rings. The minimum Gasteiger partial charge on any atom is -0.480 e. The summed E-state index contributed by atoms with van der Waals surface area (Å²) in [6.07, 6.45) is -3.45. The number of hydrogen-bond donors (Lipinski definition) is 0. The summed E-state index contributed by atoms with van der Waals surface area (Å²) in [5.41, 5.74) is -2.23. The smallest absolute Gasteiger partial charge is 0.435 e. The summed E-state index contributed by atoms with van der Waals surface area (Å²) >= 11 is 5.77. The molecule has 0 aliphatic heterocycles. The zero-order valence-corrected chi connectivity index (χ0v) is 13.7. The van der Waals surface area contributed by atoms with Crippen LogP contribution in [0.2, 0.25) is 5.02 Å². The first-order valence-electron chi connectivity index (χ1n) is 7.30. The van der Waals surface area contributed by atoms with Crippen LogP contribution in [-0.2, 0) is 6.18 Å². The number of alkyl halides is 3. The molecular weight excluding hydrogens is 361 g/mol. The van der Waals surface area contributed by atoms with Crippen LogP contribution in [0.3, 0.4) is 0 Å². The van der Waals surface area contributed by atoms with Crippen LogP contribution in [0.5, 0.6) is 11.6 Å². The summed E-state index contributed by atoms with van der Waals surface area (Å²) < 4.78 is 50.0. The molecule has 0 amide bonds. The molecule has 1 aromatic heterocycles. The molecule has 1 aromatic carbocycles. The molecule has 5 nitrogen and oxygen atoms in total. The summed E-state index contributed by atoms with van der Waals surface area (Å²) in [5, 5.41) is 0.272. The highest BCUT2D eigenvalue weighted by Crippen LogP contribution is 2.44. The predicted molar refractivity (Wildman–Crippen MR) is 82.0 cm³/mol. The van der Waals surface area contributed by atoms with Gasteiger partial charge in [-0.1, -0.05) is 17.7 Å². The van der Waals surface area contributed by atoms with Crippen LogP contribution in [0.25, 0.3) is 0 Å². The molecule has 0 radical (unpaired) electrons. The quantitative estimate of drug-likeness (QED) is 0.593. The summed E-state index contributed by atoms with van der Waals surface area (Å²) in [5.74, 6) is -1.53. The van der Waals surface area contributed by atoms with E-state index in [0.29, 0.717) is 12.8 Å². The zero-order valence-electron chi connectivity index (χ0n) is 12.9. The normalized spacial score (nSPS) is 14.3. The van der Waals surface area contributed by atoms with E-state index < -0.39 is 23.5 Å². The maximum Gasteiger partial charge on any atom is 0.435 e. The van der Waals surface area contributed by atoms with E-state index in [2.05, 4.69) is 9.97 Å². The molecule has 1 heterocycles. The third-order valence-corrected chi connectivity index (χ3v) is 3.75. The fourth-order valence-corrected chi connectivity index (χ4v) is 2.41. The average molecular weight is 373 g/mol. The highest BCUT2D eigenvalue weighted by atomic mass is 35.5. The molecule has 0 bridgehead atoms. The van der Waals surface area contributed by atoms with Gasteiger partial charge in [0.25, 0.3) is 0 Å². The molecule has 0 unspecified atom stereocenters. The van der Waals surface area contributed by atoms with Crippen molar-refractivity contribution in [3.8, 4) is 11.6 Å². The number of rotatable bonds is 4. The second-order valence-electron chi connectivity index (χ2n) is 5.43. The van der Waals surface area contributed by atoms with Crippen molar-refractivity contribution in [3.63, 3.8) is 0 Å². The molecular formula is C16H12ClF3N2O3. The van der Waals surface area contributed by atoms with Crippen LogP contribution in [0, 0.1) is 0 Å². The van der Waals surface area contributed by atoms with E-state index in [1.54, 1.807) is 0 Å². The van der Waals surface area contributed by atoms with Gasteiger partial charge < -0.3 is 9.47 Å². The van der Waals surface area contributed by atoms with Crippen molar-refractivity contribution in [3.05, 3.63) is 46.4 Å². The van der Waals surface area contributed by atoms with Crippen LogP contribution in [0.4, 0.5) is 13.2 Å². The first-order valence-corrected chi connectivity index (χ1v) is 7.68. The zero-order chi connectivity index (χ0) is 18.2. The Morgan fingerprint density at radius 1 is 1.28 bits per heavy atom. The minimum absolute atomic E-state index is 0.00217. The highest BCUT2D eigenvalue weighted by Gasteiger charge is 2.42. The van der Waals surface area contributed by atoms with Crippen molar-refractivity contribution < 1.29 is 27.4 Å². The van der Waals surface area contributed by atoms with Gasteiger partial charge in [0.1, 0.15) is 11.4 Å². The Morgan fingerprint density at radius 3 is 2.56 bits per heavy atom. The Morgan fingerprint density at radius 2 is 2.00 bits per heavy atom. The van der Waals surface area contributed by atoms with Gasteiger partial charge in [-0.2, -0.15) is 13.2 Å². The third kappa shape index (κ3) is 3.84. The van der Waals surface area contributed by atoms with E-state index >= 15 is 0 Å². The fraction of sp³-hybridized carbons (Fsp3) is 0.312. The average Bonchev–Trinajstić information content (AvgIpc) is 3.37. The van der Waals surface area contributed by atoms with E-state index in [0.717, 1.165) is 0 Å². The number of carbonyl (C=O) groups excluding carboxylic acids is 1. The lowest BCUT2D eigenvalue weighted by Crippen LogP contribution is -2.22. The molecule has 1 saturated carbocycles. The van der Waals surface area contributed by atoms with Crippen LogP contribution in [0.15, 0.2) is 24.3 Å². The second-order valence-corrected chi connectivity index (χ2v) is 5.87. The molecule has 3 rings (SSSR count). The lowest BCUT2D eigenvalue weighted by molar-refractivity contribution is -0.142. The van der Waals surface area contributed by atoms with Crippen molar-refractivity contribution in [1.82, 2.24) is 9.97 Å². The Balaban J connectivity index is 2.02. The lowest BCUT2D eigenvalue weighted by Gasteiger charge is -2.14. The second kappa shape index (κ2) is 6.51. The first-order chi connectivity index (χ1) is 11.8. The molecule has 1 aliphatic carbocycles. The number of hydrogen-bond acceptors (Lipinski definition) is 5. The van der Waals surface area contributed by atoms with Gasteiger partial charge in [-0.25, -0.2) is 14.8 Å². The summed E-state index contributed by atoms with van der Waals surface area (Å²) in [4.78, 5) is 19.6. The number of carbonyl (C=O) groups is 1. The van der Waals surface area contributed by atoms with E-state index in [1.165, 1.54) is 31.4 Å². The molecule has 1 fully saturated rings. The molecule has 0 N–H and O–H groups in total. The van der Waals surface area contributed by atoms with E-state index in [9.17, 15) is 18.0 Å². The van der Waals surface area contributed by atoms with Gasteiger partial charge in [-0.05, 0) is 31.0 Å². The van der Waals surface area contributed by atoms with Crippen molar-refractivity contribution in [1.29, 1.82) is 0 Å². The fourth-order valence-electron chi connectivity index (χ4n) is 2.23. The van der Waals surface area contributed by atoms with E-state index in [-0.39, 0.29) is 28.3 Å². The third-order valence-electron chi connectivity index (χ3n) is 3.51. The molecule has 0 spiro atoms. The predicted octanol–water partition coefficient (Wildman–Crippen LogP) is 4.25. The lowest BCUT2D eigenvalue weighted by atomic mass is 10.2. The van der Waals surface area contributed by atoms with E-state index in [4.69, 9.17) is 21.1 Å². The maximum absolute atomic E-state index is 13.3. The number of halogens is 4. The van der Waals surface area contributed by atoms with Crippen molar-refractivity contribution >= 4 is 17.6 Å². The van der Waals surface area contributed by atoms with Crippen LogP contribution in [-0.4, -0.2) is 23.0 Å². The Kier molecular flexibility index (Phi) is 4.55. The van der Waals surface area contributed by atoms with Crippen LogP contribution >= 0.6 is 11.6 Å². The monoisotopic (exact) mass is 372 g/mol. The number of ether oxygens (including phenoxy) is 2. The van der Waals surface area contributed by atoms with Gasteiger partial charge in [0.05, 0.1) is 7.11 Å². The standard InChI is InChI=1S/C16H12ClF3N2O3/c1-24-14-11(8-5-6-8)21-13(16(18,19)20)12(22-14)15(23)25-10-4-2-3-9(17)7-10/h2-4,7-8H,5-6H2,1H3. The van der Waals surface area contributed by atoms with Gasteiger partial charge >= 0.3 is 12.1 Å². The van der Waals surface area contributed by atoms with Gasteiger partial charge in [0.2, 0.25) is 5.88 Å². The number of benzene rings is 1. The number of methoxy groups -OCH3 is 1. The van der Waals surface area contributed by atoms with Gasteiger partial charge in [0, 0.05) is 10.9 Å². The molecule has 0 saturated heterocycles. The van der Waals surface area contributed by atoms with E-state index in [1.807, 2.05) is 0 Å². The Hall–Kier alpha value is -2.35. The summed E-state index contributed by atoms with van der Waals surface area (Å²) in [6.45, 7) is 0. The van der Waals surface area contributed by atoms with Crippen molar-refractivity contribution in [2.75, 3.05) is 7.11 Å². The number of aromatic nitrogens is 2. The molecule has 1 aliphatic rings. The maximum atomic E-state index is 13.3. The molecule has 25 heavy (non-hydrogen) atoms. The van der Waals surface area contributed by atoms with Crippen molar-refractivity contribution in [2.45, 2.75) is 24.9 Å². The highest BCUT2D eigenvalue weighted by molar-refractivity contribution is 6.30. The Labute approximate surface area is 145 Å². The molecule has 132 valence electrons. The molecule has 9 heteroatoms. The van der Waals surface area contributed by atoms with Crippen LogP contribution in [0.1, 0.15) is 40.6 Å². The SMILES string of the molecule is COc1nc(C(=O)Oc2cccc(Cl)c2)c(C(F)(F)F)nc1C1CC1. The molecule has 0 atom stereocenters. The summed E-state index contributed by atoms with van der Waals surface area (Å²) in [6, 6.07) is 5.72. The first kappa shape index (κ1) is 17.5. The largest absolute Gasteiger partial charge is 0.480 e. The van der Waals surface area contributed by atoms with Gasteiger partial charge in [-0.3, -0.25) is 0 Å².